The van der Waals surface area contributed by atoms with Crippen LogP contribution in [-0.4, -0.2) is 30.5 Å². The van der Waals surface area contributed by atoms with Crippen LogP contribution in [0.25, 0.3) is 0 Å². The van der Waals surface area contributed by atoms with E-state index in [9.17, 15) is 4.79 Å². The smallest absolute Gasteiger partial charge is 0.332 e. The Labute approximate surface area is 155 Å². The van der Waals surface area contributed by atoms with E-state index in [-0.39, 0.29) is 5.97 Å². The van der Waals surface area contributed by atoms with E-state index < -0.39 is 0 Å². The first kappa shape index (κ1) is 22.0. The molecule has 1 aliphatic heterocycles. The second-order valence-electron chi connectivity index (χ2n) is 7.33. The fraction of sp³-hybridized carbons (Fsp3) is 0.905. The van der Waals surface area contributed by atoms with Crippen LogP contribution >= 0.6 is 0 Å². The number of unbranched alkanes of at least 4 members (excludes halogenated alkanes) is 14. The molecule has 0 saturated heterocycles. The molecule has 0 N–H and O–H groups in total. The van der Waals surface area contributed by atoms with E-state index in [0.717, 1.165) is 19.4 Å². The molecule has 0 bridgehead atoms. The van der Waals surface area contributed by atoms with E-state index in [1.165, 1.54) is 88.5 Å². The Morgan fingerprint density at radius 3 is 1.76 bits per heavy atom. The number of hydrogen-bond acceptors (Lipinski definition) is 4. The first-order valence-corrected chi connectivity index (χ1v) is 10.8. The number of hydrogen-bond donors (Lipinski definition) is 0. The zero-order chi connectivity index (χ0) is 18.0. The molecule has 0 unspecified atom stereocenters. The minimum atomic E-state index is -0.122. The summed E-state index contributed by atoms with van der Waals surface area (Å²) < 4.78 is 0. The van der Waals surface area contributed by atoms with Crippen LogP contribution in [0.3, 0.4) is 0 Å². The van der Waals surface area contributed by atoms with Gasteiger partial charge in [0.2, 0.25) is 0 Å². The summed E-state index contributed by atoms with van der Waals surface area (Å²) in [6.45, 7) is 3.70. The Morgan fingerprint density at radius 1 is 0.840 bits per heavy atom. The average molecular weight is 353 g/mol. The van der Waals surface area contributed by atoms with Crippen molar-refractivity contribution in [1.29, 1.82) is 0 Å². The normalized spacial score (nSPS) is 13.6. The van der Waals surface area contributed by atoms with Crippen LogP contribution in [0.2, 0.25) is 0 Å². The standard InChI is InChI=1S/C21H40N2O2/c1-2-3-4-5-6-7-8-9-10-11-12-13-14-15-16-17-21(24)25-23-19-18-22-20-23/h20H,2-19H2,1H3. The Kier molecular flexibility index (Phi) is 14.4. The van der Waals surface area contributed by atoms with Gasteiger partial charge in [0.1, 0.15) is 6.34 Å². The molecule has 4 heteroatoms. The van der Waals surface area contributed by atoms with Crippen LogP contribution in [0.4, 0.5) is 0 Å². The van der Waals surface area contributed by atoms with Crippen molar-refractivity contribution in [3.8, 4) is 0 Å². The van der Waals surface area contributed by atoms with Crippen molar-refractivity contribution in [2.75, 3.05) is 13.1 Å². The van der Waals surface area contributed by atoms with Crippen LogP contribution < -0.4 is 0 Å². The van der Waals surface area contributed by atoms with E-state index in [2.05, 4.69) is 11.9 Å². The summed E-state index contributed by atoms with van der Waals surface area (Å²) in [5, 5.41) is 1.54. The van der Waals surface area contributed by atoms with Crippen molar-refractivity contribution in [2.45, 2.75) is 110 Å². The second-order valence-corrected chi connectivity index (χ2v) is 7.33. The third-order valence-corrected chi connectivity index (χ3v) is 4.86. The van der Waals surface area contributed by atoms with Gasteiger partial charge >= 0.3 is 5.97 Å². The molecule has 0 aromatic rings. The van der Waals surface area contributed by atoms with Gasteiger partial charge in [0.25, 0.3) is 0 Å². The molecule has 0 radical (unpaired) electrons. The molecule has 146 valence electrons. The Balaban J connectivity index is 1.71. The monoisotopic (exact) mass is 352 g/mol. The lowest BCUT2D eigenvalue weighted by atomic mass is 10.0. The van der Waals surface area contributed by atoms with Crippen molar-refractivity contribution in [3.63, 3.8) is 0 Å². The molecule has 0 aromatic heterocycles. The summed E-state index contributed by atoms with van der Waals surface area (Å²) in [5.41, 5.74) is 0. The summed E-state index contributed by atoms with van der Waals surface area (Å²) >= 11 is 0. The van der Waals surface area contributed by atoms with Gasteiger partial charge in [0, 0.05) is 6.42 Å². The molecular formula is C21H40N2O2. The predicted molar refractivity (Wildman–Crippen MR) is 106 cm³/mol. The SMILES string of the molecule is CCCCCCCCCCCCCCCCCC(=O)ON1C=NCC1. The van der Waals surface area contributed by atoms with Crippen molar-refractivity contribution >= 4 is 12.3 Å². The molecule has 1 heterocycles. The number of hydroxylamine groups is 2. The number of rotatable bonds is 17. The van der Waals surface area contributed by atoms with Crippen molar-refractivity contribution < 1.29 is 9.63 Å². The van der Waals surface area contributed by atoms with Gasteiger partial charge < -0.3 is 4.84 Å². The van der Waals surface area contributed by atoms with Crippen molar-refractivity contribution in [3.05, 3.63) is 0 Å². The minimum Gasteiger partial charge on any atom is -0.340 e. The largest absolute Gasteiger partial charge is 0.340 e. The number of carbonyl (C=O) groups excluding carboxylic acids is 1. The predicted octanol–water partition coefficient (Wildman–Crippen LogP) is 6.05. The molecule has 0 amide bonds. The zero-order valence-electron chi connectivity index (χ0n) is 16.5. The maximum absolute atomic E-state index is 11.6. The van der Waals surface area contributed by atoms with E-state index in [0.29, 0.717) is 13.0 Å². The van der Waals surface area contributed by atoms with Crippen LogP contribution in [0, 0.1) is 0 Å². The lowest BCUT2D eigenvalue weighted by molar-refractivity contribution is -0.170. The van der Waals surface area contributed by atoms with Gasteiger partial charge in [-0.1, -0.05) is 96.8 Å². The van der Waals surface area contributed by atoms with Crippen LogP contribution in [-0.2, 0) is 9.63 Å². The highest BCUT2D eigenvalue weighted by Gasteiger charge is 2.11. The molecule has 0 fully saturated rings. The van der Waals surface area contributed by atoms with Crippen LogP contribution in [0.15, 0.2) is 4.99 Å². The molecule has 0 aliphatic carbocycles. The lowest BCUT2D eigenvalue weighted by Gasteiger charge is -2.12. The minimum absolute atomic E-state index is 0.122. The van der Waals surface area contributed by atoms with Gasteiger partial charge in [-0.2, -0.15) is 5.06 Å². The first-order chi connectivity index (χ1) is 12.3. The van der Waals surface area contributed by atoms with Crippen LogP contribution in [0.5, 0.6) is 0 Å². The first-order valence-electron chi connectivity index (χ1n) is 10.8. The fourth-order valence-corrected chi connectivity index (χ4v) is 3.25. The van der Waals surface area contributed by atoms with E-state index in [1.807, 2.05) is 0 Å². The molecule has 25 heavy (non-hydrogen) atoms. The van der Waals surface area contributed by atoms with Gasteiger partial charge in [0.05, 0.1) is 13.1 Å². The molecule has 0 atom stereocenters. The van der Waals surface area contributed by atoms with Gasteiger partial charge in [-0.15, -0.1) is 0 Å². The highest BCUT2D eigenvalue weighted by Crippen LogP contribution is 2.14. The Bertz CT molecular complexity index is 345. The van der Waals surface area contributed by atoms with Crippen LogP contribution in [0.1, 0.15) is 110 Å². The molecule has 1 aliphatic rings. The molecule has 4 nitrogen and oxygen atoms in total. The maximum Gasteiger partial charge on any atom is 0.332 e. The van der Waals surface area contributed by atoms with Crippen molar-refractivity contribution in [1.82, 2.24) is 5.06 Å². The molecule has 0 spiro atoms. The summed E-state index contributed by atoms with van der Waals surface area (Å²) in [5.74, 6) is -0.122. The fourth-order valence-electron chi connectivity index (χ4n) is 3.25. The molecule has 0 saturated carbocycles. The zero-order valence-corrected chi connectivity index (χ0v) is 16.5. The Morgan fingerprint density at radius 2 is 1.32 bits per heavy atom. The summed E-state index contributed by atoms with van der Waals surface area (Å²) in [6, 6.07) is 0. The number of nitrogens with zero attached hydrogens (tertiary/aromatic N) is 2. The summed E-state index contributed by atoms with van der Waals surface area (Å²) in [7, 11) is 0. The van der Waals surface area contributed by atoms with Gasteiger partial charge in [-0.25, -0.2) is 4.79 Å². The lowest BCUT2D eigenvalue weighted by Crippen LogP contribution is -2.24. The van der Waals surface area contributed by atoms with E-state index >= 15 is 0 Å². The van der Waals surface area contributed by atoms with Gasteiger partial charge in [-0.3, -0.25) is 4.99 Å². The maximum atomic E-state index is 11.6. The van der Waals surface area contributed by atoms with Gasteiger partial charge in [-0.05, 0) is 6.42 Å². The van der Waals surface area contributed by atoms with Gasteiger partial charge in [0.15, 0.2) is 0 Å². The van der Waals surface area contributed by atoms with Crippen molar-refractivity contribution in [2.24, 2.45) is 4.99 Å². The third-order valence-electron chi connectivity index (χ3n) is 4.86. The summed E-state index contributed by atoms with van der Waals surface area (Å²) in [6.07, 6.45) is 22.2. The average Bonchev–Trinajstić information content (AvgIpc) is 3.11. The second kappa shape index (κ2) is 16.4. The third kappa shape index (κ3) is 13.9. The highest BCUT2D eigenvalue weighted by molar-refractivity contribution is 5.70. The van der Waals surface area contributed by atoms with E-state index in [4.69, 9.17) is 4.84 Å². The Hall–Kier alpha value is -1.06. The highest BCUT2D eigenvalue weighted by atomic mass is 16.7. The summed E-state index contributed by atoms with van der Waals surface area (Å²) in [4.78, 5) is 20.8. The number of aliphatic imine (C=N–C) groups is 1. The molecule has 0 aromatic carbocycles. The topological polar surface area (TPSA) is 41.9 Å². The quantitative estimate of drug-likeness (QED) is 0.299. The molecular weight excluding hydrogens is 312 g/mol. The van der Waals surface area contributed by atoms with E-state index in [1.54, 1.807) is 6.34 Å². The number of carbonyl (C=O) groups is 1. The molecule has 1 rings (SSSR count).